The van der Waals surface area contributed by atoms with Crippen molar-refractivity contribution in [3.8, 4) is 0 Å². The van der Waals surface area contributed by atoms with Crippen molar-refractivity contribution in [3.05, 3.63) is 35.9 Å². The number of amides is 2. The summed E-state index contributed by atoms with van der Waals surface area (Å²) >= 11 is 0. The number of guanidine groups is 1. The van der Waals surface area contributed by atoms with Crippen molar-refractivity contribution in [1.29, 1.82) is 5.41 Å². The molecule has 7 nitrogen and oxygen atoms in total. The summed E-state index contributed by atoms with van der Waals surface area (Å²) in [5, 5.41) is 7.67. The SMILES string of the molecule is N=C(N)N(CCCCC(N)=O)[C@@H](Cc1ccccc1)C(N)=O. The summed E-state index contributed by atoms with van der Waals surface area (Å²) in [6, 6.07) is 8.72. The zero-order valence-electron chi connectivity index (χ0n) is 12.5. The van der Waals surface area contributed by atoms with Gasteiger partial charge in [0.05, 0.1) is 0 Å². The highest BCUT2D eigenvalue weighted by Crippen LogP contribution is 2.10. The zero-order valence-corrected chi connectivity index (χ0v) is 12.5. The lowest BCUT2D eigenvalue weighted by Gasteiger charge is -2.30. The van der Waals surface area contributed by atoms with Gasteiger partial charge >= 0.3 is 0 Å². The van der Waals surface area contributed by atoms with Crippen molar-refractivity contribution < 1.29 is 9.59 Å². The maximum atomic E-state index is 11.7. The summed E-state index contributed by atoms with van der Waals surface area (Å²) in [4.78, 5) is 23.9. The fraction of sp³-hybridized carbons (Fsp3) is 0.400. The van der Waals surface area contributed by atoms with E-state index >= 15 is 0 Å². The Morgan fingerprint density at radius 3 is 2.23 bits per heavy atom. The summed E-state index contributed by atoms with van der Waals surface area (Å²) in [6.45, 7) is 0.378. The third kappa shape index (κ3) is 5.82. The molecule has 0 saturated heterocycles. The first kappa shape index (κ1) is 17.5. The molecular formula is C15H23N5O2. The highest BCUT2D eigenvalue weighted by Gasteiger charge is 2.25. The molecule has 0 aliphatic heterocycles. The molecule has 2 amide bonds. The first-order chi connectivity index (χ1) is 10.4. The van der Waals surface area contributed by atoms with Gasteiger partial charge in [-0.1, -0.05) is 30.3 Å². The van der Waals surface area contributed by atoms with E-state index in [2.05, 4.69) is 0 Å². The fourth-order valence-electron chi connectivity index (χ4n) is 2.23. The molecule has 7 N–H and O–H groups in total. The van der Waals surface area contributed by atoms with Crippen LogP contribution in [0.3, 0.4) is 0 Å². The Balaban J connectivity index is 2.72. The second-order valence-electron chi connectivity index (χ2n) is 5.11. The molecule has 1 atom stereocenters. The van der Waals surface area contributed by atoms with Crippen molar-refractivity contribution in [1.82, 2.24) is 4.90 Å². The van der Waals surface area contributed by atoms with Crippen LogP contribution in [0.2, 0.25) is 0 Å². The molecule has 1 aromatic rings. The van der Waals surface area contributed by atoms with Gasteiger partial charge in [0.1, 0.15) is 6.04 Å². The molecule has 22 heavy (non-hydrogen) atoms. The Morgan fingerprint density at radius 2 is 1.73 bits per heavy atom. The Hall–Kier alpha value is -2.57. The number of carbonyl (C=O) groups is 2. The molecule has 0 aliphatic carbocycles. The van der Waals surface area contributed by atoms with Gasteiger partial charge in [-0.15, -0.1) is 0 Å². The minimum atomic E-state index is -0.687. The molecule has 1 rings (SSSR count). The minimum Gasteiger partial charge on any atom is -0.370 e. The lowest BCUT2D eigenvalue weighted by molar-refractivity contribution is -0.122. The summed E-state index contributed by atoms with van der Waals surface area (Å²) in [6.07, 6.45) is 1.83. The van der Waals surface area contributed by atoms with Gasteiger partial charge in [0, 0.05) is 19.4 Å². The number of nitrogens with one attached hydrogen (secondary N) is 1. The van der Waals surface area contributed by atoms with E-state index in [9.17, 15) is 9.59 Å². The van der Waals surface area contributed by atoms with Gasteiger partial charge in [-0.2, -0.15) is 0 Å². The van der Waals surface area contributed by atoms with Crippen molar-refractivity contribution in [2.75, 3.05) is 6.54 Å². The predicted octanol–water partition coefficient (Wildman–Crippen LogP) is -0.0659. The Bertz CT molecular complexity index is 518. The molecule has 120 valence electrons. The largest absolute Gasteiger partial charge is 0.370 e. The van der Waals surface area contributed by atoms with E-state index in [1.54, 1.807) is 0 Å². The van der Waals surface area contributed by atoms with Crippen molar-refractivity contribution in [3.63, 3.8) is 0 Å². The maximum absolute atomic E-state index is 11.7. The van der Waals surface area contributed by atoms with Crippen LogP contribution < -0.4 is 17.2 Å². The smallest absolute Gasteiger partial charge is 0.240 e. The summed E-state index contributed by atoms with van der Waals surface area (Å²) in [5.41, 5.74) is 17.1. The topological polar surface area (TPSA) is 139 Å². The molecule has 0 saturated carbocycles. The van der Waals surface area contributed by atoms with E-state index in [4.69, 9.17) is 22.6 Å². The van der Waals surface area contributed by atoms with Gasteiger partial charge in [-0.05, 0) is 18.4 Å². The number of primary amides is 2. The molecule has 1 aromatic carbocycles. The first-order valence-corrected chi connectivity index (χ1v) is 7.14. The number of nitrogens with zero attached hydrogens (tertiary/aromatic N) is 1. The van der Waals surface area contributed by atoms with Crippen LogP contribution in [0, 0.1) is 5.41 Å². The molecule has 7 heteroatoms. The van der Waals surface area contributed by atoms with Gasteiger partial charge in [0.25, 0.3) is 0 Å². The molecule has 0 bridgehead atoms. The van der Waals surface area contributed by atoms with E-state index < -0.39 is 11.9 Å². The lowest BCUT2D eigenvalue weighted by Crippen LogP contribution is -2.52. The van der Waals surface area contributed by atoms with Crippen LogP contribution in [-0.2, 0) is 16.0 Å². The summed E-state index contributed by atoms with van der Waals surface area (Å²) in [5.74, 6) is -1.11. The molecule has 0 aromatic heterocycles. The van der Waals surface area contributed by atoms with Gasteiger partial charge in [0.2, 0.25) is 11.8 Å². The van der Waals surface area contributed by atoms with Crippen molar-refractivity contribution >= 4 is 17.8 Å². The van der Waals surface area contributed by atoms with Crippen LogP contribution in [-0.4, -0.2) is 35.3 Å². The minimum absolute atomic E-state index is 0.209. The molecule has 0 unspecified atom stereocenters. The zero-order chi connectivity index (χ0) is 16.5. The Morgan fingerprint density at radius 1 is 1.09 bits per heavy atom. The van der Waals surface area contributed by atoms with Crippen LogP contribution >= 0.6 is 0 Å². The molecule has 0 fully saturated rings. The Labute approximate surface area is 130 Å². The van der Waals surface area contributed by atoms with Crippen LogP contribution in [0.15, 0.2) is 30.3 Å². The van der Waals surface area contributed by atoms with E-state index in [1.165, 1.54) is 4.90 Å². The summed E-state index contributed by atoms with van der Waals surface area (Å²) in [7, 11) is 0. The van der Waals surface area contributed by atoms with Gasteiger partial charge < -0.3 is 22.1 Å². The standard InChI is InChI=1S/C15H23N5O2/c16-13(21)8-4-5-9-20(15(18)19)12(14(17)22)10-11-6-2-1-3-7-11/h1-3,6-7,12H,4-5,8-10H2,(H2,16,21)(H2,17,22)(H3,18,19)/t12-/m0/s1. The number of hydrogen-bond acceptors (Lipinski definition) is 3. The lowest BCUT2D eigenvalue weighted by atomic mass is 10.0. The van der Waals surface area contributed by atoms with Crippen LogP contribution in [0.5, 0.6) is 0 Å². The average Bonchev–Trinajstić information content (AvgIpc) is 2.45. The second kappa shape index (κ2) is 8.66. The molecule has 0 heterocycles. The monoisotopic (exact) mass is 305 g/mol. The van der Waals surface area contributed by atoms with Crippen LogP contribution in [0.4, 0.5) is 0 Å². The van der Waals surface area contributed by atoms with E-state index in [1.807, 2.05) is 30.3 Å². The number of benzene rings is 1. The van der Waals surface area contributed by atoms with Gasteiger partial charge in [-0.25, -0.2) is 0 Å². The molecule has 0 radical (unpaired) electrons. The Kier molecular flexibility index (Phi) is 6.88. The van der Waals surface area contributed by atoms with Crippen LogP contribution in [0.25, 0.3) is 0 Å². The number of carbonyl (C=O) groups excluding carboxylic acids is 2. The number of hydrogen-bond donors (Lipinski definition) is 4. The number of unbranched alkanes of at least 4 members (excludes halogenated alkanes) is 1. The van der Waals surface area contributed by atoms with Gasteiger partial charge in [0.15, 0.2) is 5.96 Å². The van der Waals surface area contributed by atoms with Crippen molar-refractivity contribution in [2.24, 2.45) is 17.2 Å². The van der Waals surface area contributed by atoms with Crippen molar-refractivity contribution in [2.45, 2.75) is 31.7 Å². The van der Waals surface area contributed by atoms with Gasteiger partial charge in [-0.3, -0.25) is 15.0 Å². The first-order valence-electron chi connectivity index (χ1n) is 7.14. The number of rotatable bonds is 9. The molecular weight excluding hydrogens is 282 g/mol. The third-order valence-corrected chi connectivity index (χ3v) is 3.36. The maximum Gasteiger partial charge on any atom is 0.240 e. The van der Waals surface area contributed by atoms with E-state index in [-0.39, 0.29) is 18.3 Å². The number of nitrogens with two attached hydrogens (primary N) is 3. The fourth-order valence-corrected chi connectivity index (χ4v) is 2.23. The van der Waals surface area contributed by atoms with E-state index in [0.717, 1.165) is 5.56 Å². The molecule has 0 aliphatic rings. The highest BCUT2D eigenvalue weighted by molar-refractivity contribution is 5.86. The highest BCUT2D eigenvalue weighted by atomic mass is 16.1. The predicted molar refractivity (Wildman–Crippen MR) is 84.8 cm³/mol. The normalized spacial score (nSPS) is 11.6. The van der Waals surface area contributed by atoms with Crippen LogP contribution in [0.1, 0.15) is 24.8 Å². The van der Waals surface area contributed by atoms with E-state index in [0.29, 0.717) is 25.8 Å². The molecule has 0 spiro atoms. The third-order valence-electron chi connectivity index (χ3n) is 3.36. The summed E-state index contributed by atoms with van der Waals surface area (Å²) < 4.78 is 0. The second-order valence-corrected chi connectivity index (χ2v) is 5.11. The average molecular weight is 305 g/mol. The quantitative estimate of drug-likeness (QED) is 0.288.